The van der Waals surface area contributed by atoms with E-state index in [4.69, 9.17) is 5.11 Å². The zero-order valence-electron chi connectivity index (χ0n) is 20.6. The highest BCUT2D eigenvalue weighted by atomic mass is 16.4. The highest BCUT2D eigenvalue weighted by Gasteiger charge is 2.59. The van der Waals surface area contributed by atoms with Crippen molar-refractivity contribution in [2.45, 2.75) is 105 Å². The maximum absolute atomic E-state index is 11.1. The van der Waals surface area contributed by atoms with Crippen LogP contribution in [0.15, 0.2) is 0 Å². The molecule has 0 aromatic heterocycles. The van der Waals surface area contributed by atoms with Gasteiger partial charge in [-0.05, 0) is 104 Å². The number of fused-ring (bicyclic) bond motifs is 1. The molecule has 3 aliphatic rings. The molecule has 3 rings (SSSR count). The van der Waals surface area contributed by atoms with Crippen molar-refractivity contribution in [2.24, 2.45) is 52.3 Å². The normalized spacial score (nSPS) is 45.1. The molecule has 4 nitrogen and oxygen atoms in total. The summed E-state index contributed by atoms with van der Waals surface area (Å²) in [6.07, 6.45) is 9.61. The second-order valence-electron chi connectivity index (χ2n) is 12.1. The van der Waals surface area contributed by atoms with Gasteiger partial charge in [0.25, 0.3) is 0 Å². The van der Waals surface area contributed by atoms with Gasteiger partial charge in [-0.25, -0.2) is 0 Å². The molecule has 0 aliphatic heterocycles. The van der Waals surface area contributed by atoms with Gasteiger partial charge in [-0.15, -0.1) is 0 Å². The number of carboxylic acids is 1. The summed E-state index contributed by atoms with van der Waals surface area (Å²) in [5.41, 5.74) is 0.411. The lowest BCUT2D eigenvalue weighted by Gasteiger charge is -2.58. The first-order valence-corrected chi connectivity index (χ1v) is 13.1. The minimum atomic E-state index is -0.688. The molecule has 0 saturated heterocycles. The molecule has 10 atom stereocenters. The number of rotatable bonds is 8. The minimum absolute atomic E-state index is 0.167. The quantitative estimate of drug-likeness (QED) is 0.452. The Hall–Kier alpha value is -0.610. The van der Waals surface area contributed by atoms with Crippen LogP contribution in [0.2, 0.25) is 0 Å². The Morgan fingerprint density at radius 2 is 1.58 bits per heavy atom. The van der Waals surface area contributed by atoms with E-state index < -0.39 is 5.97 Å². The van der Waals surface area contributed by atoms with Crippen LogP contribution in [0.4, 0.5) is 0 Å². The number of hydrogen-bond donors (Lipinski definition) is 3. The first-order valence-electron chi connectivity index (χ1n) is 13.1. The van der Waals surface area contributed by atoms with E-state index in [1.165, 1.54) is 25.7 Å². The van der Waals surface area contributed by atoms with Gasteiger partial charge in [0.1, 0.15) is 0 Å². The Labute approximate surface area is 190 Å². The second-order valence-corrected chi connectivity index (χ2v) is 12.1. The van der Waals surface area contributed by atoms with Crippen LogP contribution in [0.25, 0.3) is 0 Å². The fraction of sp³-hybridized carbons (Fsp3) is 0.963. The molecule has 3 aliphatic carbocycles. The van der Waals surface area contributed by atoms with Crippen LogP contribution in [0.5, 0.6) is 0 Å². The Bertz CT molecular complexity index is 620. The number of carbonyl (C=O) groups is 1. The van der Waals surface area contributed by atoms with Crippen molar-refractivity contribution in [3.05, 3.63) is 0 Å². The predicted molar refractivity (Wildman–Crippen MR) is 125 cm³/mol. The summed E-state index contributed by atoms with van der Waals surface area (Å²) < 4.78 is 0. The van der Waals surface area contributed by atoms with Crippen molar-refractivity contribution >= 4 is 5.97 Å². The standard InChI is InChI=1S/C27H48O4/c1-6-17(2)24-15-19(29)11-13-27(24,5)23-12-14-26(4)21(18(3)7-10-25(30)31)8-9-22(26)20(23)16-28/h17-24,28-29H,6-16H2,1-5H3,(H,30,31)/t17-,18-,19-,20+,21?,22+,23+,24+,26-,27-/m1/s1. The Balaban J connectivity index is 1.83. The van der Waals surface area contributed by atoms with Crippen molar-refractivity contribution in [3.63, 3.8) is 0 Å². The summed E-state index contributed by atoms with van der Waals surface area (Å²) in [7, 11) is 0. The van der Waals surface area contributed by atoms with Crippen molar-refractivity contribution in [3.8, 4) is 0 Å². The second kappa shape index (κ2) is 9.71. The molecule has 3 saturated carbocycles. The van der Waals surface area contributed by atoms with Gasteiger partial charge in [-0.3, -0.25) is 4.79 Å². The van der Waals surface area contributed by atoms with E-state index in [-0.39, 0.29) is 30.0 Å². The van der Waals surface area contributed by atoms with E-state index in [1.807, 2.05) is 0 Å². The van der Waals surface area contributed by atoms with Crippen LogP contribution in [-0.2, 0) is 4.79 Å². The monoisotopic (exact) mass is 436 g/mol. The molecule has 3 fully saturated rings. The van der Waals surface area contributed by atoms with Crippen molar-refractivity contribution < 1.29 is 20.1 Å². The molecule has 3 N–H and O–H groups in total. The van der Waals surface area contributed by atoms with Gasteiger partial charge in [-0.1, -0.05) is 41.0 Å². The van der Waals surface area contributed by atoms with E-state index in [2.05, 4.69) is 34.6 Å². The zero-order chi connectivity index (χ0) is 23.0. The van der Waals surface area contributed by atoms with Gasteiger partial charge < -0.3 is 15.3 Å². The maximum Gasteiger partial charge on any atom is 0.303 e. The molecule has 180 valence electrons. The number of aliphatic carboxylic acids is 1. The highest BCUT2D eigenvalue weighted by Crippen LogP contribution is 2.65. The van der Waals surface area contributed by atoms with Gasteiger partial charge in [0.05, 0.1) is 6.10 Å². The van der Waals surface area contributed by atoms with E-state index in [9.17, 15) is 15.0 Å². The first kappa shape index (κ1) is 25.0. The summed E-state index contributed by atoms with van der Waals surface area (Å²) >= 11 is 0. The molecule has 0 radical (unpaired) electrons. The Kier molecular flexibility index (Phi) is 7.84. The van der Waals surface area contributed by atoms with Gasteiger partial charge in [0.2, 0.25) is 0 Å². The minimum Gasteiger partial charge on any atom is -0.481 e. The van der Waals surface area contributed by atoms with Crippen LogP contribution in [0.3, 0.4) is 0 Å². The lowest BCUT2D eigenvalue weighted by Crippen LogP contribution is -2.53. The van der Waals surface area contributed by atoms with Crippen LogP contribution < -0.4 is 0 Å². The summed E-state index contributed by atoms with van der Waals surface area (Å²) in [6.45, 7) is 12.1. The predicted octanol–water partition coefficient (Wildman–Crippen LogP) is 5.75. The molecule has 0 aromatic carbocycles. The zero-order valence-corrected chi connectivity index (χ0v) is 20.6. The average molecular weight is 437 g/mol. The lowest BCUT2D eigenvalue weighted by molar-refractivity contribution is -0.137. The molecule has 31 heavy (non-hydrogen) atoms. The largest absolute Gasteiger partial charge is 0.481 e. The fourth-order valence-corrected chi connectivity index (χ4v) is 8.86. The lowest BCUT2D eigenvalue weighted by atomic mass is 9.47. The summed E-state index contributed by atoms with van der Waals surface area (Å²) in [6, 6.07) is 0. The Morgan fingerprint density at radius 3 is 2.19 bits per heavy atom. The van der Waals surface area contributed by atoms with Crippen molar-refractivity contribution in [1.29, 1.82) is 0 Å². The van der Waals surface area contributed by atoms with Gasteiger partial charge >= 0.3 is 5.97 Å². The van der Waals surface area contributed by atoms with E-state index in [0.717, 1.165) is 32.1 Å². The van der Waals surface area contributed by atoms with E-state index >= 15 is 0 Å². The summed E-state index contributed by atoms with van der Waals surface area (Å²) in [5.74, 6) is 2.82. The third-order valence-electron chi connectivity index (χ3n) is 10.8. The highest BCUT2D eigenvalue weighted by molar-refractivity contribution is 5.66. The van der Waals surface area contributed by atoms with Gasteiger partial charge in [-0.2, -0.15) is 0 Å². The first-order chi connectivity index (χ1) is 14.6. The third-order valence-corrected chi connectivity index (χ3v) is 10.8. The molecule has 0 aromatic rings. The smallest absolute Gasteiger partial charge is 0.303 e. The van der Waals surface area contributed by atoms with Crippen molar-refractivity contribution in [2.75, 3.05) is 6.61 Å². The molecular weight excluding hydrogens is 388 g/mol. The van der Waals surface area contributed by atoms with Crippen LogP contribution in [-0.4, -0.2) is 34.0 Å². The number of hydrogen-bond acceptors (Lipinski definition) is 3. The molecule has 0 spiro atoms. The van der Waals surface area contributed by atoms with Crippen molar-refractivity contribution in [1.82, 2.24) is 0 Å². The van der Waals surface area contributed by atoms with E-state index in [1.54, 1.807) is 0 Å². The SMILES string of the molecule is CC[C@@H](C)[C@@H]1C[C@H](O)CC[C@]1(C)[C@H]1CC[C@]2(C)C([C@H](C)CCC(=O)O)CC[C@H]2[C@@H]1CO. The molecule has 0 amide bonds. The maximum atomic E-state index is 11.1. The number of aliphatic hydroxyl groups excluding tert-OH is 2. The number of aliphatic hydroxyl groups is 2. The van der Waals surface area contributed by atoms with Crippen LogP contribution in [0.1, 0.15) is 98.8 Å². The van der Waals surface area contributed by atoms with E-state index in [0.29, 0.717) is 41.4 Å². The molecule has 4 heteroatoms. The van der Waals surface area contributed by atoms with Gasteiger partial charge in [0.15, 0.2) is 0 Å². The molecular formula is C27H48O4. The third kappa shape index (κ3) is 4.58. The molecule has 0 bridgehead atoms. The number of carboxylic acid groups (broad SMARTS) is 1. The van der Waals surface area contributed by atoms with Gasteiger partial charge in [0, 0.05) is 13.0 Å². The summed E-state index contributed by atoms with van der Waals surface area (Å²) in [5, 5.41) is 30.3. The van der Waals surface area contributed by atoms with Crippen LogP contribution >= 0.6 is 0 Å². The molecule has 0 heterocycles. The topological polar surface area (TPSA) is 77.8 Å². The fourth-order valence-electron chi connectivity index (χ4n) is 8.86. The average Bonchev–Trinajstić information content (AvgIpc) is 3.09. The van der Waals surface area contributed by atoms with Crippen LogP contribution in [0, 0.1) is 52.3 Å². The summed E-state index contributed by atoms with van der Waals surface area (Å²) in [4.78, 5) is 11.1. The Morgan fingerprint density at radius 1 is 0.968 bits per heavy atom. The molecule has 1 unspecified atom stereocenters.